The van der Waals surface area contributed by atoms with Crippen LogP contribution in [0.15, 0.2) is 18.2 Å². The van der Waals surface area contributed by atoms with Crippen LogP contribution in [0.4, 0.5) is 5.69 Å². The second kappa shape index (κ2) is 4.13. The molecule has 0 saturated heterocycles. The molecular formula is C11H15NO2. The van der Waals surface area contributed by atoms with Crippen molar-refractivity contribution in [2.45, 2.75) is 20.8 Å². The number of aromatic hydroxyl groups is 1. The van der Waals surface area contributed by atoms with Crippen LogP contribution >= 0.6 is 0 Å². The van der Waals surface area contributed by atoms with Gasteiger partial charge in [0.15, 0.2) is 0 Å². The maximum Gasteiger partial charge on any atom is 0.226 e. The number of phenolic OH excluding ortho intramolecular Hbond substituents is 1. The van der Waals surface area contributed by atoms with Crippen molar-refractivity contribution in [2.24, 2.45) is 5.92 Å². The fraction of sp³-hybridized carbons (Fsp3) is 0.364. The fourth-order valence-corrected chi connectivity index (χ4v) is 1.02. The van der Waals surface area contributed by atoms with Crippen LogP contribution < -0.4 is 5.32 Å². The molecule has 0 aromatic heterocycles. The van der Waals surface area contributed by atoms with Gasteiger partial charge in [-0.1, -0.05) is 19.9 Å². The average molecular weight is 193 g/mol. The average Bonchev–Trinajstić information content (AvgIpc) is 2.11. The molecular weight excluding hydrogens is 178 g/mol. The Morgan fingerprint density at radius 3 is 2.64 bits per heavy atom. The van der Waals surface area contributed by atoms with Crippen LogP contribution in [0.25, 0.3) is 0 Å². The van der Waals surface area contributed by atoms with E-state index in [0.717, 1.165) is 5.56 Å². The van der Waals surface area contributed by atoms with Crippen molar-refractivity contribution in [3.63, 3.8) is 0 Å². The first-order valence-corrected chi connectivity index (χ1v) is 4.61. The highest BCUT2D eigenvalue weighted by molar-refractivity contribution is 5.92. The van der Waals surface area contributed by atoms with Gasteiger partial charge < -0.3 is 10.4 Å². The summed E-state index contributed by atoms with van der Waals surface area (Å²) in [6, 6.07) is 4.92. The predicted octanol–water partition coefficient (Wildman–Crippen LogP) is 2.30. The van der Waals surface area contributed by atoms with E-state index in [1.807, 2.05) is 20.8 Å². The predicted molar refractivity (Wildman–Crippen MR) is 56.3 cm³/mol. The molecule has 0 atom stereocenters. The molecule has 0 spiro atoms. The standard InChI is InChI=1S/C11H15NO2/c1-7(2)11(14)12-10-6-9(13)5-4-8(10)3/h4-7,13H,1-3H3,(H,12,14). The number of aryl methyl sites for hydroxylation is 1. The van der Waals surface area contributed by atoms with E-state index in [1.54, 1.807) is 18.2 Å². The van der Waals surface area contributed by atoms with Crippen LogP contribution in [0.3, 0.4) is 0 Å². The van der Waals surface area contributed by atoms with Gasteiger partial charge in [-0.25, -0.2) is 0 Å². The summed E-state index contributed by atoms with van der Waals surface area (Å²) < 4.78 is 0. The summed E-state index contributed by atoms with van der Waals surface area (Å²) in [6.45, 7) is 5.54. The molecule has 2 N–H and O–H groups in total. The smallest absolute Gasteiger partial charge is 0.226 e. The van der Waals surface area contributed by atoms with Crippen molar-refractivity contribution < 1.29 is 9.90 Å². The first-order chi connectivity index (χ1) is 6.50. The number of hydrogen-bond donors (Lipinski definition) is 2. The van der Waals surface area contributed by atoms with E-state index in [-0.39, 0.29) is 17.6 Å². The van der Waals surface area contributed by atoms with Crippen molar-refractivity contribution in [1.82, 2.24) is 0 Å². The summed E-state index contributed by atoms with van der Waals surface area (Å²) in [7, 11) is 0. The van der Waals surface area contributed by atoms with Crippen LogP contribution in [0.5, 0.6) is 5.75 Å². The zero-order chi connectivity index (χ0) is 10.7. The van der Waals surface area contributed by atoms with Gasteiger partial charge in [0.05, 0.1) is 0 Å². The second-order valence-corrected chi connectivity index (χ2v) is 3.64. The molecule has 0 aliphatic rings. The van der Waals surface area contributed by atoms with Gasteiger partial charge >= 0.3 is 0 Å². The topological polar surface area (TPSA) is 49.3 Å². The molecule has 0 fully saturated rings. The first-order valence-electron chi connectivity index (χ1n) is 4.61. The summed E-state index contributed by atoms with van der Waals surface area (Å²) in [5.41, 5.74) is 1.61. The zero-order valence-corrected chi connectivity index (χ0v) is 8.66. The summed E-state index contributed by atoms with van der Waals surface area (Å²) in [5, 5.41) is 12.0. The number of carbonyl (C=O) groups is 1. The number of hydrogen-bond acceptors (Lipinski definition) is 2. The van der Waals surface area contributed by atoms with Crippen molar-refractivity contribution >= 4 is 11.6 Å². The van der Waals surface area contributed by atoms with Gasteiger partial charge in [0.1, 0.15) is 5.75 Å². The molecule has 76 valence electrons. The number of amides is 1. The third kappa shape index (κ3) is 2.49. The van der Waals surface area contributed by atoms with Crippen LogP contribution in [-0.4, -0.2) is 11.0 Å². The zero-order valence-electron chi connectivity index (χ0n) is 8.66. The molecule has 3 heteroatoms. The van der Waals surface area contributed by atoms with Gasteiger partial charge in [-0.2, -0.15) is 0 Å². The Hall–Kier alpha value is -1.51. The van der Waals surface area contributed by atoms with Gasteiger partial charge in [0.25, 0.3) is 0 Å². The Labute approximate surface area is 83.8 Å². The highest BCUT2D eigenvalue weighted by Crippen LogP contribution is 2.21. The van der Waals surface area contributed by atoms with E-state index in [4.69, 9.17) is 0 Å². The Kier molecular flexibility index (Phi) is 3.12. The van der Waals surface area contributed by atoms with Crippen molar-refractivity contribution in [3.8, 4) is 5.75 Å². The number of carbonyl (C=O) groups excluding carboxylic acids is 1. The maximum atomic E-state index is 11.4. The lowest BCUT2D eigenvalue weighted by Gasteiger charge is -2.10. The third-order valence-corrected chi connectivity index (χ3v) is 2.00. The Morgan fingerprint density at radius 1 is 1.43 bits per heavy atom. The van der Waals surface area contributed by atoms with Crippen molar-refractivity contribution in [3.05, 3.63) is 23.8 Å². The van der Waals surface area contributed by atoms with Crippen LogP contribution in [-0.2, 0) is 4.79 Å². The number of benzene rings is 1. The largest absolute Gasteiger partial charge is 0.508 e. The van der Waals surface area contributed by atoms with Crippen LogP contribution in [0.1, 0.15) is 19.4 Å². The molecule has 14 heavy (non-hydrogen) atoms. The van der Waals surface area contributed by atoms with E-state index < -0.39 is 0 Å². The minimum atomic E-state index is -0.0586. The second-order valence-electron chi connectivity index (χ2n) is 3.64. The lowest BCUT2D eigenvalue weighted by atomic mass is 10.1. The number of anilines is 1. The molecule has 1 rings (SSSR count). The molecule has 1 amide bonds. The molecule has 0 saturated carbocycles. The van der Waals surface area contributed by atoms with E-state index in [9.17, 15) is 9.90 Å². The highest BCUT2D eigenvalue weighted by atomic mass is 16.3. The minimum absolute atomic E-state index is 0.0429. The third-order valence-electron chi connectivity index (χ3n) is 2.00. The lowest BCUT2D eigenvalue weighted by Crippen LogP contribution is -2.18. The number of rotatable bonds is 2. The van der Waals surface area contributed by atoms with Crippen molar-refractivity contribution in [1.29, 1.82) is 0 Å². The lowest BCUT2D eigenvalue weighted by molar-refractivity contribution is -0.118. The van der Waals surface area contributed by atoms with E-state index in [1.165, 1.54) is 0 Å². The van der Waals surface area contributed by atoms with Crippen LogP contribution in [0.2, 0.25) is 0 Å². The Morgan fingerprint density at radius 2 is 2.07 bits per heavy atom. The molecule has 0 bridgehead atoms. The molecule has 1 aromatic rings. The van der Waals surface area contributed by atoms with Gasteiger partial charge in [-0.3, -0.25) is 4.79 Å². The summed E-state index contributed by atoms with van der Waals surface area (Å²) in [6.07, 6.45) is 0. The maximum absolute atomic E-state index is 11.4. The molecule has 3 nitrogen and oxygen atoms in total. The molecule has 0 aliphatic carbocycles. The molecule has 0 radical (unpaired) electrons. The Bertz CT molecular complexity index is 345. The van der Waals surface area contributed by atoms with E-state index in [0.29, 0.717) is 5.69 Å². The van der Waals surface area contributed by atoms with Crippen LogP contribution in [0, 0.1) is 12.8 Å². The quantitative estimate of drug-likeness (QED) is 0.757. The van der Waals surface area contributed by atoms with E-state index in [2.05, 4.69) is 5.32 Å². The molecule has 0 unspecified atom stereocenters. The summed E-state index contributed by atoms with van der Waals surface area (Å²) in [5.74, 6) is 0.0603. The number of nitrogens with one attached hydrogen (secondary N) is 1. The van der Waals surface area contributed by atoms with Gasteiger partial charge in [0, 0.05) is 17.7 Å². The van der Waals surface area contributed by atoms with Gasteiger partial charge in [-0.05, 0) is 18.6 Å². The summed E-state index contributed by atoms with van der Waals surface area (Å²) >= 11 is 0. The molecule has 0 heterocycles. The molecule has 1 aromatic carbocycles. The highest BCUT2D eigenvalue weighted by Gasteiger charge is 2.08. The minimum Gasteiger partial charge on any atom is -0.508 e. The van der Waals surface area contributed by atoms with Gasteiger partial charge in [0.2, 0.25) is 5.91 Å². The molecule has 0 aliphatic heterocycles. The normalized spacial score (nSPS) is 10.3. The van der Waals surface area contributed by atoms with E-state index >= 15 is 0 Å². The first kappa shape index (κ1) is 10.6. The monoisotopic (exact) mass is 193 g/mol. The summed E-state index contributed by atoms with van der Waals surface area (Å²) in [4.78, 5) is 11.4. The van der Waals surface area contributed by atoms with Crippen molar-refractivity contribution in [2.75, 3.05) is 5.32 Å². The van der Waals surface area contributed by atoms with Gasteiger partial charge in [-0.15, -0.1) is 0 Å². The SMILES string of the molecule is Cc1ccc(O)cc1NC(=O)C(C)C. The fourth-order valence-electron chi connectivity index (χ4n) is 1.02. The Balaban J connectivity index is 2.86. The number of phenols is 1.